The largest absolute Gasteiger partial charge is 0.473 e. The van der Waals surface area contributed by atoms with Crippen LogP contribution in [-0.2, 0) is 22.7 Å². The van der Waals surface area contributed by atoms with Crippen LogP contribution in [0.4, 0.5) is 0 Å². The number of rotatable bonds is 5. The lowest BCUT2D eigenvalue weighted by atomic mass is 9.93. The highest BCUT2D eigenvalue weighted by Crippen LogP contribution is 2.43. The molecule has 7 nitrogen and oxygen atoms in total. The summed E-state index contributed by atoms with van der Waals surface area (Å²) in [5, 5.41) is 17.6. The quantitative estimate of drug-likeness (QED) is 0.411. The average Bonchev–Trinajstić information content (AvgIpc) is 3.58. The van der Waals surface area contributed by atoms with E-state index < -0.39 is 11.9 Å². The summed E-state index contributed by atoms with van der Waals surface area (Å²) in [4.78, 5) is 23.6. The lowest BCUT2D eigenvalue weighted by molar-refractivity contribution is -0.159. The van der Waals surface area contributed by atoms with E-state index in [4.69, 9.17) is 19.8 Å². The molecule has 1 saturated heterocycles. The fourth-order valence-electron chi connectivity index (χ4n) is 6.36. The van der Waals surface area contributed by atoms with E-state index in [2.05, 4.69) is 75.9 Å². The lowest BCUT2D eigenvalue weighted by Crippen LogP contribution is -2.47. The van der Waals surface area contributed by atoms with Crippen LogP contribution in [0.1, 0.15) is 25.3 Å². The first-order chi connectivity index (χ1) is 17.4. The van der Waals surface area contributed by atoms with E-state index in [1.807, 2.05) is 0 Å². The van der Waals surface area contributed by atoms with Gasteiger partial charge in [0.25, 0.3) is 0 Å². The van der Waals surface area contributed by atoms with Gasteiger partial charge in [-0.05, 0) is 61.3 Å². The maximum atomic E-state index is 9.10. The van der Waals surface area contributed by atoms with Crippen molar-refractivity contribution < 1.29 is 19.8 Å². The standard InChI is InChI=1S/C27H33N3.C2H2O4/c1-2-30-26-6-4-3-5-24(26)25-17-21(8-10-27(25)30)18-28-11-13-29(14-12-28)19-23-16-20-7-9-22(23)15-20;3-1(4)2(5)6/h3-10,17,20,22-23H,2,11-16,18-19H2,1H3;(H,3,4)(H,5,6). The first-order valence-electron chi connectivity index (χ1n) is 13.0. The molecule has 2 aromatic carbocycles. The summed E-state index contributed by atoms with van der Waals surface area (Å²) in [5.74, 6) is -0.949. The predicted octanol–water partition coefficient (Wildman–Crippen LogP) is 4.30. The summed E-state index contributed by atoms with van der Waals surface area (Å²) in [7, 11) is 0. The van der Waals surface area contributed by atoms with E-state index >= 15 is 0 Å². The first-order valence-corrected chi connectivity index (χ1v) is 13.0. The summed E-state index contributed by atoms with van der Waals surface area (Å²) in [5.41, 5.74) is 4.18. The van der Waals surface area contributed by atoms with Crippen molar-refractivity contribution >= 4 is 33.7 Å². The molecule has 7 heteroatoms. The minimum atomic E-state index is -1.82. The van der Waals surface area contributed by atoms with Crippen molar-refractivity contribution in [2.75, 3.05) is 32.7 Å². The number of aryl methyl sites for hydroxylation is 1. The van der Waals surface area contributed by atoms with Crippen molar-refractivity contribution in [1.82, 2.24) is 14.4 Å². The number of hydrogen-bond donors (Lipinski definition) is 2. The van der Waals surface area contributed by atoms with Gasteiger partial charge in [-0.2, -0.15) is 0 Å². The molecule has 3 atom stereocenters. The molecule has 190 valence electrons. The van der Waals surface area contributed by atoms with Gasteiger partial charge in [0.15, 0.2) is 0 Å². The SMILES string of the molecule is CCn1c2ccccc2c2cc(CN3CCN(CC4CC5C=CC4C5)CC3)ccc21.O=C(O)C(=O)O. The van der Waals surface area contributed by atoms with E-state index in [-0.39, 0.29) is 0 Å². The molecular weight excluding hydrogens is 454 g/mol. The Bertz CT molecular complexity index is 1280. The number of para-hydroxylation sites is 1. The normalized spacial score (nSPS) is 23.8. The van der Waals surface area contributed by atoms with Gasteiger partial charge in [0.05, 0.1) is 0 Å². The number of hydrogen-bond acceptors (Lipinski definition) is 4. The molecular formula is C29H35N3O4. The van der Waals surface area contributed by atoms with Crippen molar-refractivity contribution in [2.24, 2.45) is 17.8 Å². The molecule has 3 aliphatic rings. The zero-order valence-electron chi connectivity index (χ0n) is 20.8. The zero-order valence-corrected chi connectivity index (χ0v) is 20.8. The molecule has 2 aliphatic carbocycles. The number of nitrogens with zero attached hydrogens (tertiary/aromatic N) is 3. The van der Waals surface area contributed by atoms with E-state index in [0.717, 1.165) is 30.8 Å². The van der Waals surface area contributed by atoms with Crippen LogP contribution in [0.5, 0.6) is 0 Å². The first kappa shape index (κ1) is 24.5. The van der Waals surface area contributed by atoms with Crippen molar-refractivity contribution in [3.8, 4) is 0 Å². The smallest absolute Gasteiger partial charge is 0.414 e. The summed E-state index contributed by atoms with van der Waals surface area (Å²) < 4.78 is 2.44. The third-order valence-electron chi connectivity index (χ3n) is 8.12. The molecule has 0 spiro atoms. The average molecular weight is 490 g/mol. The summed E-state index contributed by atoms with van der Waals surface area (Å²) in [6.45, 7) is 10.5. The van der Waals surface area contributed by atoms with Gasteiger partial charge >= 0.3 is 11.9 Å². The number of benzene rings is 2. The van der Waals surface area contributed by atoms with Gasteiger partial charge in [-0.3, -0.25) is 4.90 Å². The molecule has 0 radical (unpaired) electrons. The van der Waals surface area contributed by atoms with Crippen molar-refractivity contribution in [1.29, 1.82) is 0 Å². The second kappa shape index (κ2) is 10.4. The Kier molecular flexibility index (Phi) is 7.12. The van der Waals surface area contributed by atoms with Crippen LogP contribution in [0.15, 0.2) is 54.6 Å². The van der Waals surface area contributed by atoms with Crippen LogP contribution in [0.3, 0.4) is 0 Å². The second-order valence-electron chi connectivity index (χ2n) is 10.3. The van der Waals surface area contributed by atoms with Gasteiger partial charge in [-0.25, -0.2) is 9.59 Å². The van der Waals surface area contributed by atoms with Gasteiger partial charge in [0.1, 0.15) is 0 Å². The molecule has 2 fully saturated rings. The maximum Gasteiger partial charge on any atom is 0.414 e. The monoisotopic (exact) mass is 489 g/mol. The van der Waals surface area contributed by atoms with Gasteiger partial charge < -0.3 is 19.7 Å². The summed E-state index contributed by atoms with van der Waals surface area (Å²) in [6.07, 6.45) is 7.84. The number of fused-ring (bicyclic) bond motifs is 5. The minimum absolute atomic E-state index is 0.880. The Hall–Kier alpha value is -3.16. The topological polar surface area (TPSA) is 86.0 Å². The van der Waals surface area contributed by atoms with Crippen LogP contribution in [-0.4, -0.2) is 69.2 Å². The highest BCUT2D eigenvalue weighted by atomic mass is 16.4. The van der Waals surface area contributed by atoms with Gasteiger partial charge in [0.2, 0.25) is 0 Å². The number of piperazine rings is 1. The molecule has 1 aromatic heterocycles. The molecule has 1 aliphatic heterocycles. The fraction of sp³-hybridized carbons (Fsp3) is 0.448. The Morgan fingerprint density at radius 2 is 1.56 bits per heavy atom. The Balaban J connectivity index is 0.000000400. The van der Waals surface area contributed by atoms with Crippen LogP contribution in [0.25, 0.3) is 21.8 Å². The number of aliphatic carboxylic acids is 2. The highest BCUT2D eigenvalue weighted by molar-refractivity contribution is 6.27. The van der Waals surface area contributed by atoms with E-state index in [9.17, 15) is 0 Å². The molecule has 2 N–H and O–H groups in total. The number of carboxylic acid groups (broad SMARTS) is 2. The molecule has 0 amide bonds. The zero-order chi connectivity index (χ0) is 25.2. The highest BCUT2D eigenvalue weighted by Gasteiger charge is 2.36. The van der Waals surface area contributed by atoms with Crippen LogP contribution >= 0.6 is 0 Å². The third kappa shape index (κ3) is 5.04. The number of aromatic nitrogens is 1. The summed E-state index contributed by atoms with van der Waals surface area (Å²) >= 11 is 0. The molecule has 2 bridgehead atoms. The number of carboxylic acids is 2. The molecule has 3 unspecified atom stereocenters. The van der Waals surface area contributed by atoms with Crippen LogP contribution in [0, 0.1) is 17.8 Å². The van der Waals surface area contributed by atoms with Crippen LogP contribution in [0.2, 0.25) is 0 Å². The molecule has 6 rings (SSSR count). The van der Waals surface area contributed by atoms with Gasteiger partial charge in [0, 0.05) is 67.6 Å². The maximum absolute atomic E-state index is 9.10. The third-order valence-corrected chi connectivity index (χ3v) is 8.12. The van der Waals surface area contributed by atoms with Crippen molar-refractivity contribution in [2.45, 2.75) is 32.9 Å². The number of carbonyl (C=O) groups is 2. The Labute approximate surface area is 211 Å². The van der Waals surface area contributed by atoms with E-state index in [0.29, 0.717) is 0 Å². The fourth-order valence-corrected chi connectivity index (χ4v) is 6.36. The Morgan fingerprint density at radius 1 is 0.861 bits per heavy atom. The van der Waals surface area contributed by atoms with E-state index in [1.165, 1.54) is 72.9 Å². The lowest BCUT2D eigenvalue weighted by Gasteiger charge is -2.37. The van der Waals surface area contributed by atoms with E-state index in [1.54, 1.807) is 0 Å². The van der Waals surface area contributed by atoms with Crippen molar-refractivity contribution in [3.05, 3.63) is 60.2 Å². The van der Waals surface area contributed by atoms with Gasteiger partial charge in [-0.1, -0.05) is 36.4 Å². The summed E-state index contributed by atoms with van der Waals surface area (Å²) in [6, 6.07) is 16.0. The second-order valence-corrected chi connectivity index (χ2v) is 10.3. The Morgan fingerprint density at radius 3 is 2.19 bits per heavy atom. The molecule has 36 heavy (non-hydrogen) atoms. The molecule has 3 aromatic rings. The predicted molar refractivity (Wildman–Crippen MR) is 141 cm³/mol. The molecule has 1 saturated carbocycles. The van der Waals surface area contributed by atoms with Crippen LogP contribution < -0.4 is 0 Å². The van der Waals surface area contributed by atoms with Crippen molar-refractivity contribution in [3.63, 3.8) is 0 Å². The number of allylic oxidation sites excluding steroid dienone is 2. The van der Waals surface area contributed by atoms with Gasteiger partial charge in [-0.15, -0.1) is 0 Å². The molecule has 2 heterocycles. The minimum Gasteiger partial charge on any atom is -0.473 e.